The van der Waals surface area contributed by atoms with Crippen LogP contribution in [0.1, 0.15) is 17.4 Å². The minimum atomic E-state index is -3.21. The highest BCUT2D eigenvalue weighted by Crippen LogP contribution is 2.45. The molecule has 29 heavy (non-hydrogen) atoms. The largest absolute Gasteiger partial charge is 0.344 e. The van der Waals surface area contributed by atoms with E-state index in [0.717, 1.165) is 11.1 Å². The Morgan fingerprint density at radius 3 is 2.62 bits per heavy atom. The summed E-state index contributed by atoms with van der Waals surface area (Å²) >= 11 is 0. The van der Waals surface area contributed by atoms with Crippen molar-refractivity contribution < 1.29 is 13.6 Å². The molecule has 0 aliphatic carbocycles. The number of benzene rings is 2. The van der Waals surface area contributed by atoms with Gasteiger partial charge in [0.1, 0.15) is 0 Å². The summed E-state index contributed by atoms with van der Waals surface area (Å²) in [5.74, 6) is 0.487. The zero-order valence-corrected chi connectivity index (χ0v) is 17.4. The molecule has 0 saturated carbocycles. The molecule has 0 bridgehead atoms. The van der Waals surface area contributed by atoms with E-state index in [9.17, 15) is 4.57 Å². The molecular weight excluding hydrogens is 391 g/mol. The minimum Gasteiger partial charge on any atom is -0.344 e. The van der Waals surface area contributed by atoms with Gasteiger partial charge in [0.15, 0.2) is 5.82 Å². The number of nitrogens with one attached hydrogen (secondary N) is 2. The van der Waals surface area contributed by atoms with Crippen LogP contribution in [0.4, 0.5) is 0 Å². The Hall–Kier alpha value is -2.58. The number of nitrogens with zero attached hydrogens (tertiary/aromatic N) is 4. The van der Waals surface area contributed by atoms with Gasteiger partial charge in [-0.1, -0.05) is 35.5 Å². The lowest BCUT2D eigenvalue weighted by Gasteiger charge is -2.19. The van der Waals surface area contributed by atoms with E-state index in [1.165, 1.54) is 30.5 Å². The van der Waals surface area contributed by atoms with Crippen molar-refractivity contribution in [3.63, 3.8) is 0 Å². The predicted octanol–water partition coefficient (Wildman–Crippen LogP) is 3.16. The maximum absolute atomic E-state index is 12.4. The number of fused-ring (bicyclic) bond motifs is 3. The number of aryl methyl sites for hydroxylation is 1. The number of hydrogen-bond acceptors (Lipinski definition) is 7. The van der Waals surface area contributed by atoms with Crippen LogP contribution in [0.2, 0.25) is 0 Å². The Morgan fingerprint density at radius 1 is 1.14 bits per heavy atom. The number of H-pyrrole nitrogens is 1. The highest BCUT2D eigenvalue weighted by Gasteiger charge is 2.25. The fourth-order valence-corrected chi connectivity index (χ4v) is 4.42. The molecule has 9 nitrogen and oxygen atoms in total. The van der Waals surface area contributed by atoms with Crippen LogP contribution in [0, 0.1) is 0 Å². The van der Waals surface area contributed by atoms with Crippen LogP contribution in [0.3, 0.4) is 0 Å². The quantitative estimate of drug-likeness (QED) is 0.427. The first-order chi connectivity index (χ1) is 14.0. The normalized spacial score (nSPS) is 13.3. The summed E-state index contributed by atoms with van der Waals surface area (Å²) < 4.78 is 24.6. The van der Waals surface area contributed by atoms with E-state index in [2.05, 4.69) is 74.0 Å². The van der Waals surface area contributed by atoms with Crippen molar-refractivity contribution in [1.29, 1.82) is 0 Å². The number of tetrazole rings is 1. The first-order valence-corrected chi connectivity index (χ1v) is 10.9. The van der Waals surface area contributed by atoms with Crippen LogP contribution in [-0.2, 0) is 27.1 Å². The topological polar surface area (TPSA) is 107 Å². The molecule has 0 aliphatic rings. The molecule has 0 aliphatic heterocycles. The zero-order chi connectivity index (χ0) is 20.4. The second-order valence-corrected chi connectivity index (χ2v) is 9.06. The highest BCUT2D eigenvalue weighted by molar-refractivity contribution is 7.53. The average molecular weight is 414 g/mol. The van der Waals surface area contributed by atoms with Crippen LogP contribution >= 0.6 is 7.60 Å². The van der Waals surface area contributed by atoms with E-state index in [0.29, 0.717) is 12.2 Å². The zero-order valence-electron chi connectivity index (χ0n) is 16.5. The fraction of sp³-hybridized carbons (Fsp3) is 0.316. The molecular formula is C19H23N6O3P. The second kappa shape index (κ2) is 8.04. The first-order valence-electron chi connectivity index (χ1n) is 9.18. The summed E-state index contributed by atoms with van der Waals surface area (Å²) in [6.45, 7) is 0. The standard InChI is InChI=1S/C19H23N6O3P/c1-25-17-7-5-4-6-14(17)15-9-8-13(11-18(15)25)10-16(19-21-23-24-22-19)20-12-29(26,27-2)28-3/h4-9,11,16,20H,10,12H2,1-3H3,(H,21,22,23,24). The van der Waals surface area contributed by atoms with E-state index in [4.69, 9.17) is 9.05 Å². The van der Waals surface area contributed by atoms with E-state index in [-0.39, 0.29) is 12.3 Å². The molecule has 152 valence electrons. The van der Waals surface area contributed by atoms with E-state index in [1.807, 2.05) is 6.07 Å². The molecule has 1 unspecified atom stereocenters. The average Bonchev–Trinajstić information content (AvgIpc) is 3.39. The summed E-state index contributed by atoms with van der Waals surface area (Å²) in [4.78, 5) is 0. The predicted molar refractivity (Wildman–Crippen MR) is 111 cm³/mol. The molecule has 0 fully saturated rings. The summed E-state index contributed by atoms with van der Waals surface area (Å²) in [5.41, 5.74) is 3.43. The first kappa shape index (κ1) is 19.7. The molecule has 2 aromatic carbocycles. The van der Waals surface area contributed by atoms with Crippen LogP contribution in [0.15, 0.2) is 42.5 Å². The van der Waals surface area contributed by atoms with Gasteiger partial charge in [-0.2, -0.15) is 5.21 Å². The van der Waals surface area contributed by atoms with E-state index in [1.54, 1.807) is 0 Å². The molecule has 4 aromatic rings. The Morgan fingerprint density at radius 2 is 1.90 bits per heavy atom. The van der Waals surface area contributed by atoms with Crippen molar-refractivity contribution in [3.05, 3.63) is 53.9 Å². The van der Waals surface area contributed by atoms with Gasteiger partial charge >= 0.3 is 7.60 Å². The molecule has 10 heteroatoms. The summed E-state index contributed by atoms with van der Waals surface area (Å²) in [6, 6.07) is 14.4. The van der Waals surface area contributed by atoms with Crippen LogP contribution in [0.5, 0.6) is 0 Å². The van der Waals surface area contributed by atoms with Gasteiger partial charge < -0.3 is 13.6 Å². The monoisotopic (exact) mass is 414 g/mol. The second-order valence-electron chi connectivity index (χ2n) is 6.79. The highest BCUT2D eigenvalue weighted by atomic mass is 31.2. The number of hydrogen-bond donors (Lipinski definition) is 2. The van der Waals surface area contributed by atoms with Crippen molar-refractivity contribution in [2.24, 2.45) is 7.05 Å². The Bertz CT molecular complexity index is 1170. The van der Waals surface area contributed by atoms with E-state index < -0.39 is 7.60 Å². The van der Waals surface area contributed by atoms with Gasteiger partial charge in [-0.15, -0.1) is 10.2 Å². The van der Waals surface area contributed by atoms with Crippen LogP contribution in [-0.4, -0.2) is 45.7 Å². The van der Waals surface area contributed by atoms with Crippen molar-refractivity contribution in [3.8, 4) is 0 Å². The lowest BCUT2D eigenvalue weighted by molar-refractivity contribution is 0.270. The van der Waals surface area contributed by atoms with Gasteiger partial charge in [-0.25, -0.2) is 0 Å². The lowest BCUT2D eigenvalue weighted by atomic mass is 10.0. The van der Waals surface area contributed by atoms with Gasteiger partial charge in [0.2, 0.25) is 0 Å². The molecule has 1 atom stereocenters. The van der Waals surface area contributed by atoms with Gasteiger partial charge in [0.25, 0.3) is 0 Å². The molecule has 0 radical (unpaired) electrons. The number of rotatable bonds is 8. The van der Waals surface area contributed by atoms with E-state index >= 15 is 0 Å². The molecule has 4 rings (SSSR count). The lowest BCUT2D eigenvalue weighted by Crippen LogP contribution is -2.26. The molecule has 0 amide bonds. The van der Waals surface area contributed by atoms with Crippen molar-refractivity contribution >= 4 is 29.4 Å². The maximum atomic E-state index is 12.4. The third kappa shape index (κ3) is 3.82. The summed E-state index contributed by atoms with van der Waals surface area (Å²) in [7, 11) is 1.59. The molecule has 2 N–H and O–H groups in total. The third-order valence-corrected chi connectivity index (χ3v) is 6.86. The number of aromatic nitrogens is 5. The summed E-state index contributed by atoms with van der Waals surface area (Å²) in [6.07, 6.45) is 0.625. The maximum Gasteiger partial charge on any atom is 0.343 e. The van der Waals surface area contributed by atoms with Gasteiger partial charge in [0, 0.05) is 43.1 Å². The molecule has 0 spiro atoms. The third-order valence-electron chi connectivity index (χ3n) is 5.18. The van der Waals surface area contributed by atoms with Crippen LogP contribution < -0.4 is 5.32 Å². The van der Waals surface area contributed by atoms with Gasteiger partial charge in [0.05, 0.1) is 12.3 Å². The van der Waals surface area contributed by atoms with Gasteiger partial charge in [-0.3, -0.25) is 9.88 Å². The Balaban J connectivity index is 1.65. The fourth-order valence-electron chi connectivity index (χ4n) is 3.57. The smallest absolute Gasteiger partial charge is 0.343 e. The number of para-hydroxylation sites is 1. The van der Waals surface area contributed by atoms with Crippen LogP contribution in [0.25, 0.3) is 21.8 Å². The summed E-state index contributed by atoms with van der Waals surface area (Å²) in [5, 5.41) is 19.9. The van der Waals surface area contributed by atoms with Crippen molar-refractivity contribution in [2.45, 2.75) is 12.5 Å². The number of aromatic amines is 1. The molecule has 0 saturated heterocycles. The Labute approximate surface area is 167 Å². The minimum absolute atomic E-state index is 0.0372. The SMILES string of the molecule is COP(=O)(CNC(Cc1ccc2c3ccccc3n(C)c2c1)c1nn[nH]n1)OC. The molecule has 2 aromatic heterocycles. The Kier molecular flexibility index (Phi) is 5.47. The van der Waals surface area contributed by atoms with Gasteiger partial charge in [-0.05, 0) is 24.1 Å². The van der Waals surface area contributed by atoms with Crippen molar-refractivity contribution in [1.82, 2.24) is 30.5 Å². The molecule has 2 heterocycles. The van der Waals surface area contributed by atoms with Crippen molar-refractivity contribution in [2.75, 3.05) is 20.5 Å².